The van der Waals surface area contributed by atoms with Crippen LogP contribution < -0.4 is 11.0 Å². The fourth-order valence-electron chi connectivity index (χ4n) is 1.10. The highest BCUT2D eigenvalue weighted by atomic mass is 19.1. The normalized spacial score (nSPS) is 14.7. The van der Waals surface area contributed by atoms with Crippen molar-refractivity contribution in [2.24, 2.45) is 0 Å². The van der Waals surface area contributed by atoms with Crippen molar-refractivity contribution in [1.82, 2.24) is 11.0 Å². The zero-order chi connectivity index (χ0) is 9.10. The average molecular weight is 179 g/mol. The van der Waals surface area contributed by atoms with Gasteiger partial charge < -0.3 is 4.84 Å². The minimum absolute atomic E-state index is 0.229. The van der Waals surface area contributed by atoms with Crippen LogP contribution in [0.25, 0.3) is 0 Å². The number of benzene rings is 1. The van der Waals surface area contributed by atoms with E-state index < -0.39 is 0 Å². The standard InChI is InChI=1S/C9H8FN2O/c10-8-3-1-7(2-4-8)5-9-6-11-12-13-9/h1-4,6,11H,5H2. The topological polar surface area (TPSA) is 35.4 Å². The molecule has 1 aromatic carbocycles. The Morgan fingerprint density at radius 2 is 2.08 bits per heavy atom. The summed E-state index contributed by atoms with van der Waals surface area (Å²) < 4.78 is 12.5. The van der Waals surface area contributed by atoms with E-state index in [0.29, 0.717) is 6.42 Å². The van der Waals surface area contributed by atoms with Crippen LogP contribution in [0.1, 0.15) is 5.56 Å². The molecule has 1 heterocycles. The predicted molar refractivity (Wildman–Crippen MR) is 44.5 cm³/mol. The van der Waals surface area contributed by atoms with Crippen LogP contribution in [-0.2, 0) is 11.3 Å². The highest BCUT2D eigenvalue weighted by Gasteiger charge is 2.07. The Morgan fingerprint density at radius 1 is 1.31 bits per heavy atom. The van der Waals surface area contributed by atoms with Gasteiger partial charge in [-0.15, -0.1) is 0 Å². The zero-order valence-corrected chi connectivity index (χ0v) is 6.83. The van der Waals surface area contributed by atoms with Crippen LogP contribution in [0.5, 0.6) is 0 Å². The van der Waals surface area contributed by atoms with E-state index in [-0.39, 0.29) is 5.82 Å². The third kappa shape index (κ3) is 1.97. The van der Waals surface area contributed by atoms with E-state index in [0.717, 1.165) is 11.3 Å². The van der Waals surface area contributed by atoms with E-state index in [4.69, 9.17) is 4.84 Å². The second-order valence-electron chi connectivity index (χ2n) is 2.73. The number of rotatable bonds is 2. The average Bonchev–Trinajstić information content (AvgIpc) is 2.62. The maximum atomic E-state index is 12.5. The van der Waals surface area contributed by atoms with Crippen molar-refractivity contribution in [2.75, 3.05) is 0 Å². The van der Waals surface area contributed by atoms with Crippen LogP contribution in [0, 0.1) is 5.82 Å². The number of halogens is 1. The molecule has 2 rings (SSSR count). The molecule has 1 aliphatic heterocycles. The second-order valence-corrected chi connectivity index (χ2v) is 2.73. The number of nitrogens with one attached hydrogen (secondary N) is 1. The van der Waals surface area contributed by atoms with Gasteiger partial charge in [0.2, 0.25) is 0 Å². The number of hydrogen-bond donors (Lipinski definition) is 1. The molecule has 0 saturated heterocycles. The minimum Gasteiger partial charge on any atom is -0.370 e. The summed E-state index contributed by atoms with van der Waals surface area (Å²) in [5, 5.41) is 0. The van der Waals surface area contributed by atoms with Gasteiger partial charge in [-0.3, -0.25) is 5.43 Å². The Labute approximate surface area is 75.1 Å². The van der Waals surface area contributed by atoms with Crippen LogP contribution >= 0.6 is 0 Å². The monoisotopic (exact) mass is 179 g/mol. The summed E-state index contributed by atoms with van der Waals surface area (Å²) in [6.45, 7) is 0. The number of allylic oxidation sites excluding steroid dienone is 1. The lowest BCUT2D eigenvalue weighted by molar-refractivity contribution is 0.0987. The third-order valence-electron chi connectivity index (χ3n) is 1.73. The fraction of sp³-hybridized carbons (Fsp3) is 0.111. The van der Waals surface area contributed by atoms with Crippen molar-refractivity contribution in [3.05, 3.63) is 47.6 Å². The van der Waals surface area contributed by atoms with Crippen LogP contribution in [0.4, 0.5) is 4.39 Å². The van der Waals surface area contributed by atoms with Gasteiger partial charge >= 0.3 is 0 Å². The van der Waals surface area contributed by atoms with Crippen molar-refractivity contribution < 1.29 is 9.23 Å². The molecule has 1 aromatic rings. The van der Waals surface area contributed by atoms with Gasteiger partial charge in [0, 0.05) is 6.42 Å². The van der Waals surface area contributed by atoms with Gasteiger partial charge in [0.15, 0.2) is 5.76 Å². The Hall–Kier alpha value is -1.55. The minimum atomic E-state index is -0.229. The first-order chi connectivity index (χ1) is 6.34. The van der Waals surface area contributed by atoms with Crippen LogP contribution in [0.3, 0.4) is 0 Å². The lowest BCUT2D eigenvalue weighted by atomic mass is 10.1. The molecular weight excluding hydrogens is 171 g/mol. The summed E-state index contributed by atoms with van der Waals surface area (Å²) in [5.74, 6) is 0.500. The third-order valence-corrected chi connectivity index (χ3v) is 1.73. The quantitative estimate of drug-likeness (QED) is 0.741. The lowest BCUT2D eigenvalue weighted by Crippen LogP contribution is -2.09. The predicted octanol–water partition coefficient (Wildman–Crippen LogP) is 1.26. The smallest absolute Gasteiger partial charge is 0.150 e. The van der Waals surface area contributed by atoms with E-state index in [1.54, 1.807) is 18.3 Å². The molecule has 4 heteroatoms. The fourth-order valence-corrected chi connectivity index (χ4v) is 1.10. The Bertz CT molecular complexity index is 321. The highest BCUT2D eigenvalue weighted by molar-refractivity contribution is 5.20. The molecule has 0 saturated carbocycles. The van der Waals surface area contributed by atoms with Crippen LogP contribution in [0.2, 0.25) is 0 Å². The molecule has 1 N–H and O–H groups in total. The highest BCUT2D eigenvalue weighted by Crippen LogP contribution is 2.10. The first-order valence-electron chi connectivity index (χ1n) is 3.91. The van der Waals surface area contributed by atoms with Gasteiger partial charge in [0.05, 0.1) is 11.8 Å². The van der Waals surface area contributed by atoms with Crippen LogP contribution in [0.15, 0.2) is 36.2 Å². The molecule has 1 aliphatic rings. The van der Waals surface area contributed by atoms with Crippen molar-refractivity contribution >= 4 is 0 Å². The van der Waals surface area contributed by atoms with Gasteiger partial charge in [0.1, 0.15) is 5.82 Å². The van der Waals surface area contributed by atoms with E-state index in [1.807, 2.05) is 0 Å². The molecule has 0 unspecified atom stereocenters. The maximum absolute atomic E-state index is 12.5. The van der Waals surface area contributed by atoms with E-state index >= 15 is 0 Å². The van der Waals surface area contributed by atoms with Crippen LogP contribution in [-0.4, -0.2) is 0 Å². The second kappa shape index (κ2) is 3.45. The summed E-state index contributed by atoms with van der Waals surface area (Å²) in [4.78, 5) is 4.87. The maximum Gasteiger partial charge on any atom is 0.150 e. The molecule has 1 radical (unpaired) electrons. The number of hydrogen-bond acceptors (Lipinski definition) is 2. The molecule has 0 atom stereocenters. The van der Waals surface area contributed by atoms with Gasteiger partial charge in [-0.05, 0) is 17.7 Å². The lowest BCUT2D eigenvalue weighted by Gasteiger charge is -1.99. The largest absolute Gasteiger partial charge is 0.370 e. The first-order valence-corrected chi connectivity index (χ1v) is 3.91. The molecule has 0 bridgehead atoms. The molecule has 0 spiro atoms. The van der Waals surface area contributed by atoms with Gasteiger partial charge in [-0.2, -0.15) is 0 Å². The first kappa shape index (κ1) is 8.07. The Kier molecular flexibility index (Phi) is 2.14. The SMILES string of the molecule is Fc1ccc(CC2=CN[N]O2)cc1. The van der Waals surface area contributed by atoms with Crippen molar-refractivity contribution in [2.45, 2.75) is 6.42 Å². The van der Waals surface area contributed by atoms with Gasteiger partial charge in [0.25, 0.3) is 0 Å². The molecule has 0 aliphatic carbocycles. The Morgan fingerprint density at radius 3 is 2.69 bits per heavy atom. The molecule has 0 amide bonds. The van der Waals surface area contributed by atoms with Crippen molar-refractivity contribution in [3.63, 3.8) is 0 Å². The van der Waals surface area contributed by atoms with Crippen molar-refractivity contribution in [3.8, 4) is 0 Å². The summed E-state index contributed by atoms with van der Waals surface area (Å²) >= 11 is 0. The van der Waals surface area contributed by atoms with Gasteiger partial charge in [-0.25, -0.2) is 4.39 Å². The summed E-state index contributed by atoms with van der Waals surface area (Å²) in [6.07, 6.45) is 2.29. The summed E-state index contributed by atoms with van der Waals surface area (Å²) in [6, 6.07) is 6.29. The van der Waals surface area contributed by atoms with E-state index in [9.17, 15) is 4.39 Å². The summed E-state index contributed by atoms with van der Waals surface area (Å²) in [7, 11) is 0. The molecule has 13 heavy (non-hydrogen) atoms. The molecule has 0 fully saturated rings. The molecular formula is C9H8FN2O. The zero-order valence-electron chi connectivity index (χ0n) is 6.83. The van der Waals surface area contributed by atoms with Crippen molar-refractivity contribution in [1.29, 1.82) is 0 Å². The summed E-state index contributed by atoms with van der Waals surface area (Å²) in [5.41, 5.74) is 7.02. The molecule has 67 valence electrons. The van der Waals surface area contributed by atoms with E-state index in [2.05, 4.69) is 11.0 Å². The van der Waals surface area contributed by atoms with Gasteiger partial charge in [-0.1, -0.05) is 12.1 Å². The van der Waals surface area contributed by atoms with E-state index in [1.165, 1.54) is 12.1 Å². The number of nitrogens with zero attached hydrogens (tertiary/aromatic N) is 1. The molecule has 0 aromatic heterocycles. The molecule has 3 nitrogen and oxygen atoms in total. The Balaban J connectivity index is 2.05.